The number of halogens is 2. The van der Waals surface area contributed by atoms with Gasteiger partial charge in [0.05, 0.1) is 28.8 Å². The Bertz CT molecular complexity index is 1360. The maximum absolute atomic E-state index is 14.7. The molecule has 0 fully saturated rings. The van der Waals surface area contributed by atoms with E-state index in [0.29, 0.717) is 34.1 Å². The summed E-state index contributed by atoms with van der Waals surface area (Å²) in [6.45, 7) is 2.77. The number of hydrogen-bond donors (Lipinski definition) is 1. The van der Waals surface area contributed by atoms with Crippen molar-refractivity contribution in [2.45, 2.75) is 45.6 Å². The van der Waals surface area contributed by atoms with E-state index in [-0.39, 0.29) is 5.69 Å². The maximum atomic E-state index is 14.7. The average molecular weight is 479 g/mol. The van der Waals surface area contributed by atoms with Crippen molar-refractivity contribution in [3.05, 3.63) is 76.6 Å². The Labute approximate surface area is 201 Å². The molecule has 1 amide bonds. The zero-order valence-corrected chi connectivity index (χ0v) is 19.5. The fourth-order valence-electron chi connectivity index (χ4n) is 4.38. The van der Waals surface area contributed by atoms with E-state index in [1.165, 1.54) is 12.3 Å². The lowest BCUT2D eigenvalue weighted by Gasteiger charge is -2.11. The summed E-state index contributed by atoms with van der Waals surface area (Å²) in [7, 11) is 0. The highest BCUT2D eigenvalue weighted by molar-refractivity contribution is 6.30. The highest BCUT2D eigenvalue weighted by Gasteiger charge is 2.21. The molecule has 2 aromatic heterocycles. The number of hydrogen-bond acceptors (Lipinski definition) is 4. The summed E-state index contributed by atoms with van der Waals surface area (Å²) in [5.41, 5.74) is 2.64. The van der Waals surface area contributed by atoms with Gasteiger partial charge in [-0.1, -0.05) is 31.0 Å². The zero-order valence-electron chi connectivity index (χ0n) is 18.8. The van der Waals surface area contributed by atoms with Crippen LogP contribution in [0.5, 0.6) is 0 Å². The molecule has 0 unspecified atom stereocenters. The van der Waals surface area contributed by atoms with Crippen molar-refractivity contribution in [2.24, 2.45) is 0 Å². The minimum atomic E-state index is -0.520. The Morgan fingerprint density at radius 2 is 2.03 bits per heavy atom. The second-order valence-corrected chi connectivity index (χ2v) is 8.74. The van der Waals surface area contributed by atoms with Gasteiger partial charge in [-0.05, 0) is 55.7 Å². The van der Waals surface area contributed by atoms with E-state index in [0.717, 1.165) is 43.7 Å². The quantitative estimate of drug-likeness (QED) is 0.413. The van der Waals surface area contributed by atoms with Crippen LogP contribution < -0.4 is 5.32 Å². The lowest BCUT2D eigenvalue weighted by Crippen LogP contribution is -2.15. The van der Waals surface area contributed by atoms with E-state index in [9.17, 15) is 9.18 Å². The molecule has 0 aliphatic carbocycles. The molecular weight excluding hydrogens is 455 g/mol. The van der Waals surface area contributed by atoms with Crippen molar-refractivity contribution in [3.8, 4) is 17.1 Å². The summed E-state index contributed by atoms with van der Waals surface area (Å²) in [6.07, 6.45) is 6.23. The second-order valence-electron chi connectivity index (χ2n) is 8.30. The Kier molecular flexibility index (Phi) is 6.15. The predicted molar refractivity (Wildman–Crippen MR) is 129 cm³/mol. The number of benzene rings is 2. The van der Waals surface area contributed by atoms with Crippen LogP contribution in [-0.2, 0) is 19.4 Å². The van der Waals surface area contributed by atoms with E-state index in [1.54, 1.807) is 28.9 Å². The van der Waals surface area contributed by atoms with E-state index >= 15 is 0 Å². The first kappa shape index (κ1) is 22.3. The molecule has 0 atom stereocenters. The molecule has 4 aromatic rings. The van der Waals surface area contributed by atoms with Crippen molar-refractivity contribution >= 4 is 23.2 Å². The number of carbonyl (C=O) groups is 1. The largest absolute Gasteiger partial charge is 0.319 e. The third-order valence-corrected chi connectivity index (χ3v) is 6.32. The van der Waals surface area contributed by atoms with Gasteiger partial charge in [0.15, 0.2) is 5.82 Å². The van der Waals surface area contributed by atoms with E-state index in [1.807, 2.05) is 19.1 Å². The number of nitrogens with zero attached hydrogens (tertiary/aromatic N) is 5. The van der Waals surface area contributed by atoms with E-state index < -0.39 is 11.7 Å². The van der Waals surface area contributed by atoms with Crippen molar-refractivity contribution in [2.75, 3.05) is 5.32 Å². The molecule has 7 nitrogen and oxygen atoms in total. The third kappa shape index (κ3) is 4.21. The van der Waals surface area contributed by atoms with Crippen LogP contribution in [0.1, 0.15) is 48.1 Å². The Hall–Kier alpha value is -3.52. The van der Waals surface area contributed by atoms with Gasteiger partial charge in [-0.3, -0.25) is 4.79 Å². The Morgan fingerprint density at radius 1 is 1.15 bits per heavy atom. The van der Waals surface area contributed by atoms with E-state index in [2.05, 4.69) is 25.2 Å². The number of anilines is 1. The van der Waals surface area contributed by atoms with Crippen LogP contribution >= 0.6 is 11.6 Å². The van der Waals surface area contributed by atoms with Crippen LogP contribution in [-0.4, -0.2) is 30.5 Å². The maximum Gasteiger partial charge on any atom is 0.259 e. The van der Waals surface area contributed by atoms with Gasteiger partial charge in [0.2, 0.25) is 0 Å². The van der Waals surface area contributed by atoms with Crippen LogP contribution in [0.25, 0.3) is 17.1 Å². The van der Waals surface area contributed by atoms with Gasteiger partial charge in [0.1, 0.15) is 11.6 Å². The fraction of sp³-hybridized carbons (Fsp3) is 0.280. The number of amides is 1. The number of rotatable bonds is 5. The van der Waals surface area contributed by atoms with Crippen LogP contribution in [0.2, 0.25) is 5.02 Å². The van der Waals surface area contributed by atoms with Gasteiger partial charge in [-0.25, -0.2) is 9.07 Å². The molecule has 1 N–H and O–H groups in total. The number of aryl methyl sites for hydroxylation is 1. The van der Waals surface area contributed by atoms with Gasteiger partial charge in [-0.15, -0.1) is 10.2 Å². The van der Waals surface area contributed by atoms with Crippen LogP contribution in [0.4, 0.5) is 10.1 Å². The summed E-state index contributed by atoms with van der Waals surface area (Å²) in [5.74, 6) is 0.688. The number of fused-ring (bicyclic) bond motifs is 1. The minimum absolute atomic E-state index is 0.0889. The molecule has 0 saturated heterocycles. The second kappa shape index (κ2) is 9.38. The molecule has 1 aliphatic rings. The molecule has 0 bridgehead atoms. The first-order valence-corrected chi connectivity index (χ1v) is 11.8. The van der Waals surface area contributed by atoms with Crippen molar-refractivity contribution in [3.63, 3.8) is 0 Å². The van der Waals surface area contributed by atoms with Gasteiger partial charge in [0, 0.05) is 23.6 Å². The number of carbonyl (C=O) groups excluding carboxylic acids is 1. The van der Waals surface area contributed by atoms with Gasteiger partial charge < -0.3 is 9.88 Å². The molecule has 1 aliphatic heterocycles. The molecule has 9 heteroatoms. The topological polar surface area (TPSA) is 77.6 Å². The SMILES string of the molecule is CCc1c(C(=O)Nc2cc(-c3nnc4n3CCCCC4)ccc2F)cnn1-c1cccc(Cl)c1. The molecule has 0 saturated carbocycles. The van der Waals surface area contributed by atoms with Crippen molar-refractivity contribution in [1.82, 2.24) is 24.5 Å². The molecular formula is C25H24ClFN6O. The van der Waals surface area contributed by atoms with Gasteiger partial charge in [0.25, 0.3) is 5.91 Å². The summed E-state index contributed by atoms with van der Waals surface area (Å²) >= 11 is 6.12. The monoisotopic (exact) mass is 478 g/mol. The molecule has 3 heterocycles. The number of aromatic nitrogens is 5. The van der Waals surface area contributed by atoms with E-state index in [4.69, 9.17) is 11.6 Å². The molecule has 0 radical (unpaired) electrons. The highest BCUT2D eigenvalue weighted by Crippen LogP contribution is 2.27. The van der Waals surface area contributed by atoms with Crippen molar-refractivity contribution in [1.29, 1.82) is 0 Å². The normalized spacial score (nSPS) is 13.4. The average Bonchev–Trinajstić information content (AvgIpc) is 3.38. The molecule has 5 rings (SSSR count). The molecule has 0 spiro atoms. The lowest BCUT2D eigenvalue weighted by molar-refractivity contribution is 0.102. The zero-order chi connectivity index (χ0) is 23.7. The van der Waals surface area contributed by atoms with Crippen molar-refractivity contribution < 1.29 is 9.18 Å². The molecule has 2 aromatic carbocycles. The highest BCUT2D eigenvalue weighted by atomic mass is 35.5. The Morgan fingerprint density at radius 3 is 2.85 bits per heavy atom. The predicted octanol–water partition coefficient (Wildman–Crippen LogP) is 5.46. The minimum Gasteiger partial charge on any atom is -0.319 e. The van der Waals surface area contributed by atoms with Crippen LogP contribution in [0.3, 0.4) is 0 Å². The molecule has 34 heavy (non-hydrogen) atoms. The van der Waals surface area contributed by atoms with Crippen LogP contribution in [0.15, 0.2) is 48.7 Å². The summed E-state index contributed by atoms with van der Waals surface area (Å²) in [5, 5.41) is 16.3. The summed E-state index contributed by atoms with van der Waals surface area (Å²) in [4.78, 5) is 13.1. The lowest BCUT2D eigenvalue weighted by atomic mass is 10.1. The van der Waals surface area contributed by atoms with Gasteiger partial charge >= 0.3 is 0 Å². The number of nitrogens with one attached hydrogen (secondary N) is 1. The standard InChI is InChI=1S/C25H24ClFN6O/c1-2-22-19(15-28-33(22)18-8-6-7-17(26)14-18)25(34)29-21-13-16(10-11-20(21)27)24-31-30-23-9-4-3-5-12-32(23)24/h6-8,10-11,13-15H,2-5,9,12H2,1H3,(H,29,34). The Balaban J connectivity index is 1.45. The first-order valence-electron chi connectivity index (χ1n) is 11.4. The third-order valence-electron chi connectivity index (χ3n) is 6.08. The summed E-state index contributed by atoms with van der Waals surface area (Å²) < 4.78 is 18.5. The van der Waals surface area contributed by atoms with Gasteiger partial charge in [-0.2, -0.15) is 5.10 Å². The fourth-order valence-corrected chi connectivity index (χ4v) is 4.57. The smallest absolute Gasteiger partial charge is 0.259 e. The first-order chi connectivity index (χ1) is 16.5. The summed E-state index contributed by atoms with van der Waals surface area (Å²) in [6, 6.07) is 11.9. The molecule has 174 valence electrons. The van der Waals surface area contributed by atoms with Crippen LogP contribution in [0, 0.1) is 5.82 Å².